The minimum Gasteiger partial charge on any atom is -0.371 e. The van der Waals surface area contributed by atoms with E-state index in [4.69, 9.17) is 0 Å². The Kier molecular flexibility index (Phi) is 4.67. The van der Waals surface area contributed by atoms with Gasteiger partial charge in [0.05, 0.1) is 0 Å². The highest BCUT2D eigenvalue weighted by Gasteiger charge is 2.09. The normalized spacial score (nSPS) is 11.1. The molecule has 0 aliphatic heterocycles. The van der Waals surface area contributed by atoms with Crippen molar-refractivity contribution in [2.75, 3.05) is 18.0 Å². The van der Waals surface area contributed by atoms with Crippen molar-refractivity contribution in [3.63, 3.8) is 0 Å². The fourth-order valence-corrected chi connectivity index (χ4v) is 1.81. The predicted octanol–water partition coefficient (Wildman–Crippen LogP) is 3.81. The molecule has 1 heteroatoms. The van der Waals surface area contributed by atoms with Crippen molar-refractivity contribution in [3.8, 4) is 0 Å². The highest BCUT2D eigenvalue weighted by Crippen LogP contribution is 2.16. The highest BCUT2D eigenvalue weighted by molar-refractivity contribution is 5.45. The van der Waals surface area contributed by atoms with E-state index in [2.05, 4.69) is 62.9 Å². The first-order valence-electron chi connectivity index (χ1n) is 5.89. The molecule has 0 radical (unpaired) electrons. The number of rotatable bonds is 5. The molecule has 84 valence electrons. The molecule has 0 saturated heterocycles. The van der Waals surface area contributed by atoms with Crippen molar-refractivity contribution in [1.29, 1.82) is 0 Å². The lowest BCUT2D eigenvalue weighted by molar-refractivity contribution is 0.553. The summed E-state index contributed by atoms with van der Waals surface area (Å²) in [5.74, 6) is 1.42. The van der Waals surface area contributed by atoms with Gasteiger partial charge in [-0.2, -0.15) is 0 Å². The number of benzene rings is 1. The Morgan fingerprint density at radius 1 is 0.867 bits per heavy atom. The summed E-state index contributed by atoms with van der Waals surface area (Å²) in [5.41, 5.74) is 1.35. The molecule has 0 aromatic heterocycles. The summed E-state index contributed by atoms with van der Waals surface area (Å²) in [4.78, 5) is 2.48. The van der Waals surface area contributed by atoms with Gasteiger partial charge in [0.1, 0.15) is 0 Å². The van der Waals surface area contributed by atoms with Gasteiger partial charge in [-0.05, 0) is 24.0 Å². The summed E-state index contributed by atoms with van der Waals surface area (Å²) >= 11 is 0. The van der Waals surface area contributed by atoms with Crippen LogP contribution in [0.25, 0.3) is 0 Å². The maximum Gasteiger partial charge on any atom is 0.0366 e. The molecule has 0 N–H and O–H groups in total. The van der Waals surface area contributed by atoms with E-state index in [9.17, 15) is 0 Å². The summed E-state index contributed by atoms with van der Waals surface area (Å²) in [5, 5.41) is 0. The van der Waals surface area contributed by atoms with Crippen LogP contribution in [0, 0.1) is 11.8 Å². The predicted molar refractivity (Wildman–Crippen MR) is 68.3 cm³/mol. The molecule has 1 rings (SSSR count). The second kappa shape index (κ2) is 5.79. The second-order valence-corrected chi connectivity index (χ2v) is 5.03. The molecule has 0 bridgehead atoms. The number of nitrogens with zero attached hydrogens (tertiary/aromatic N) is 1. The van der Waals surface area contributed by atoms with Crippen LogP contribution in [0.15, 0.2) is 30.3 Å². The zero-order valence-corrected chi connectivity index (χ0v) is 10.4. The Hall–Kier alpha value is -0.980. The molecule has 0 fully saturated rings. The van der Waals surface area contributed by atoms with Gasteiger partial charge in [0.15, 0.2) is 0 Å². The van der Waals surface area contributed by atoms with Crippen molar-refractivity contribution < 1.29 is 0 Å². The van der Waals surface area contributed by atoms with Crippen molar-refractivity contribution in [1.82, 2.24) is 0 Å². The minimum absolute atomic E-state index is 0.712. The first-order valence-corrected chi connectivity index (χ1v) is 5.89. The van der Waals surface area contributed by atoms with Crippen LogP contribution >= 0.6 is 0 Å². The SMILES string of the molecule is CC(C)CN(CC(C)C)c1ccccc1. The van der Waals surface area contributed by atoms with E-state index in [1.807, 2.05) is 0 Å². The third-order valence-corrected chi connectivity index (χ3v) is 2.29. The highest BCUT2D eigenvalue weighted by atomic mass is 15.1. The van der Waals surface area contributed by atoms with Crippen LogP contribution in [0.4, 0.5) is 5.69 Å². The lowest BCUT2D eigenvalue weighted by Gasteiger charge is -2.28. The summed E-state index contributed by atoms with van der Waals surface area (Å²) in [6.07, 6.45) is 0. The molecule has 15 heavy (non-hydrogen) atoms. The van der Waals surface area contributed by atoms with Gasteiger partial charge in [-0.1, -0.05) is 45.9 Å². The van der Waals surface area contributed by atoms with Crippen molar-refractivity contribution >= 4 is 5.69 Å². The van der Waals surface area contributed by atoms with Gasteiger partial charge in [-0.25, -0.2) is 0 Å². The van der Waals surface area contributed by atoms with Gasteiger partial charge in [-0.3, -0.25) is 0 Å². The van der Waals surface area contributed by atoms with E-state index in [1.54, 1.807) is 0 Å². The van der Waals surface area contributed by atoms with Crippen LogP contribution in [0.3, 0.4) is 0 Å². The van der Waals surface area contributed by atoms with E-state index in [0.717, 1.165) is 13.1 Å². The summed E-state index contributed by atoms with van der Waals surface area (Å²) < 4.78 is 0. The molecule has 0 spiro atoms. The van der Waals surface area contributed by atoms with Gasteiger partial charge >= 0.3 is 0 Å². The van der Waals surface area contributed by atoms with Crippen molar-refractivity contribution in [2.45, 2.75) is 27.7 Å². The van der Waals surface area contributed by atoms with Crippen LogP contribution in [0.1, 0.15) is 27.7 Å². The third kappa shape index (κ3) is 4.37. The summed E-state index contributed by atoms with van der Waals surface area (Å²) in [6, 6.07) is 10.7. The molecule has 1 nitrogen and oxygen atoms in total. The standard InChI is InChI=1S/C14H23N/c1-12(2)10-15(11-13(3)4)14-8-6-5-7-9-14/h5-9,12-13H,10-11H2,1-4H3. The molecule has 0 atom stereocenters. The zero-order chi connectivity index (χ0) is 11.3. The third-order valence-electron chi connectivity index (χ3n) is 2.29. The monoisotopic (exact) mass is 205 g/mol. The molecule has 0 unspecified atom stereocenters. The Morgan fingerprint density at radius 2 is 1.33 bits per heavy atom. The van der Waals surface area contributed by atoms with E-state index < -0.39 is 0 Å². The van der Waals surface area contributed by atoms with Crippen LogP contribution in [-0.4, -0.2) is 13.1 Å². The topological polar surface area (TPSA) is 3.24 Å². The number of hydrogen-bond acceptors (Lipinski definition) is 1. The van der Waals surface area contributed by atoms with Crippen LogP contribution in [0.2, 0.25) is 0 Å². The Balaban J connectivity index is 2.72. The van der Waals surface area contributed by atoms with Gasteiger partial charge in [0, 0.05) is 18.8 Å². The molecular formula is C14H23N. The van der Waals surface area contributed by atoms with Crippen LogP contribution in [-0.2, 0) is 0 Å². The molecule has 1 aromatic rings. The average molecular weight is 205 g/mol. The molecule has 0 amide bonds. The van der Waals surface area contributed by atoms with Gasteiger partial charge in [0.2, 0.25) is 0 Å². The first-order chi connectivity index (χ1) is 7.09. The molecule has 0 aliphatic rings. The van der Waals surface area contributed by atoms with E-state index in [1.165, 1.54) is 5.69 Å². The minimum atomic E-state index is 0.712. The fourth-order valence-electron chi connectivity index (χ4n) is 1.81. The second-order valence-electron chi connectivity index (χ2n) is 5.03. The molecule has 1 aromatic carbocycles. The number of anilines is 1. The van der Waals surface area contributed by atoms with Gasteiger partial charge in [0.25, 0.3) is 0 Å². The van der Waals surface area contributed by atoms with Crippen LogP contribution < -0.4 is 4.90 Å². The maximum absolute atomic E-state index is 2.48. The lowest BCUT2D eigenvalue weighted by Crippen LogP contribution is -2.31. The number of hydrogen-bond donors (Lipinski definition) is 0. The van der Waals surface area contributed by atoms with Gasteiger partial charge in [-0.15, -0.1) is 0 Å². The fraction of sp³-hybridized carbons (Fsp3) is 0.571. The molecular weight excluding hydrogens is 182 g/mol. The van der Waals surface area contributed by atoms with E-state index >= 15 is 0 Å². The largest absolute Gasteiger partial charge is 0.371 e. The summed E-state index contributed by atoms with van der Waals surface area (Å²) in [7, 11) is 0. The molecule has 0 heterocycles. The van der Waals surface area contributed by atoms with Crippen molar-refractivity contribution in [2.24, 2.45) is 11.8 Å². The lowest BCUT2D eigenvalue weighted by atomic mass is 10.1. The van der Waals surface area contributed by atoms with Gasteiger partial charge < -0.3 is 4.90 Å². The Labute approximate surface area is 94.1 Å². The van der Waals surface area contributed by atoms with Crippen molar-refractivity contribution in [3.05, 3.63) is 30.3 Å². The summed E-state index contributed by atoms with van der Waals surface area (Å²) in [6.45, 7) is 11.4. The molecule has 0 saturated carbocycles. The van der Waals surface area contributed by atoms with E-state index in [-0.39, 0.29) is 0 Å². The molecule has 0 aliphatic carbocycles. The first kappa shape index (κ1) is 12.1. The number of para-hydroxylation sites is 1. The van der Waals surface area contributed by atoms with E-state index in [0.29, 0.717) is 11.8 Å². The average Bonchev–Trinajstić information content (AvgIpc) is 2.17. The van der Waals surface area contributed by atoms with Crippen LogP contribution in [0.5, 0.6) is 0 Å². The Bertz CT molecular complexity index is 254. The maximum atomic E-state index is 2.48. The quantitative estimate of drug-likeness (QED) is 0.706. The smallest absolute Gasteiger partial charge is 0.0366 e. The zero-order valence-electron chi connectivity index (χ0n) is 10.4. The Morgan fingerprint density at radius 3 is 1.73 bits per heavy atom.